The lowest BCUT2D eigenvalue weighted by Crippen LogP contribution is -2.00. The largest absolute Gasteiger partial charge is 0.438 e. The average molecular weight is 358 g/mol. The Bertz CT molecular complexity index is 676. The molecule has 3 rings (SSSR count). The summed E-state index contributed by atoms with van der Waals surface area (Å²) >= 11 is 9.20. The van der Waals surface area contributed by atoms with Gasteiger partial charge in [-0.2, -0.15) is 4.98 Å². The monoisotopic (exact) mass is 356 g/mol. The molecular formula is C14H11BrClFN2O. The molecule has 0 saturated heterocycles. The second-order valence-corrected chi connectivity index (χ2v) is 5.97. The van der Waals surface area contributed by atoms with Crippen LogP contribution >= 0.6 is 27.5 Å². The molecule has 6 heteroatoms. The van der Waals surface area contributed by atoms with E-state index in [0.29, 0.717) is 38.6 Å². The molecular weight excluding hydrogens is 347 g/mol. The number of halogens is 3. The fourth-order valence-corrected chi connectivity index (χ4v) is 2.18. The molecule has 0 unspecified atom stereocenters. The van der Waals surface area contributed by atoms with Crippen LogP contribution in [0.25, 0.3) is 0 Å². The van der Waals surface area contributed by atoms with Crippen LogP contribution in [0.4, 0.5) is 4.39 Å². The molecule has 1 saturated carbocycles. The summed E-state index contributed by atoms with van der Waals surface area (Å²) in [4.78, 5) is 8.65. The molecule has 1 aliphatic rings. The van der Waals surface area contributed by atoms with Crippen LogP contribution in [0.3, 0.4) is 0 Å². The zero-order chi connectivity index (χ0) is 14.3. The quantitative estimate of drug-likeness (QED) is 0.724. The molecule has 0 bridgehead atoms. The maximum absolute atomic E-state index is 13.5. The molecule has 104 valence electrons. The average Bonchev–Trinajstić information content (AvgIpc) is 3.23. The first-order chi connectivity index (χ1) is 9.54. The summed E-state index contributed by atoms with van der Waals surface area (Å²) in [6.07, 6.45) is 2.15. The van der Waals surface area contributed by atoms with Gasteiger partial charge >= 0.3 is 0 Å². The summed E-state index contributed by atoms with van der Waals surface area (Å²) in [5.41, 5.74) is 0.652. The summed E-state index contributed by atoms with van der Waals surface area (Å²) < 4.78 is 19.5. The summed E-state index contributed by atoms with van der Waals surface area (Å²) in [5, 5.41) is 0.384. The predicted molar refractivity (Wildman–Crippen MR) is 77.9 cm³/mol. The SMILES string of the molecule is Cc1c(Cl)nc(C2CC2)nc1Oc1ccc(Br)c(F)c1. The number of ether oxygens (including phenoxy) is 1. The van der Waals surface area contributed by atoms with Crippen molar-refractivity contribution in [2.45, 2.75) is 25.7 Å². The van der Waals surface area contributed by atoms with Gasteiger partial charge in [0.15, 0.2) is 0 Å². The molecule has 1 aliphatic carbocycles. The third kappa shape index (κ3) is 2.79. The van der Waals surface area contributed by atoms with Crippen molar-refractivity contribution >= 4 is 27.5 Å². The molecule has 0 N–H and O–H groups in total. The Kier molecular flexibility index (Phi) is 3.65. The zero-order valence-electron chi connectivity index (χ0n) is 10.7. The molecule has 1 fully saturated rings. The summed E-state index contributed by atoms with van der Waals surface area (Å²) in [6.45, 7) is 1.78. The van der Waals surface area contributed by atoms with E-state index in [4.69, 9.17) is 16.3 Å². The molecule has 20 heavy (non-hydrogen) atoms. The lowest BCUT2D eigenvalue weighted by molar-refractivity contribution is 0.449. The third-order valence-corrected chi connectivity index (χ3v) is 4.12. The third-order valence-electron chi connectivity index (χ3n) is 3.11. The minimum absolute atomic E-state index is 0.372. The van der Waals surface area contributed by atoms with Crippen molar-refractivity contribution in [3.63, 3.8) is 0 Å². The fourth-order valence-electron chi connectivity index (χ4n) is 1.76. The number of hydrogen-bond donors (Lipinski definition) is 0. The Balaban J connectivity index is 1.94. The maximum Gasteiger partial charge on any atom is 0.226 e. The second kappa shape index (κ2) is 5.30. The van der Waals surface area contributed by atoms with E-state index in [2.05, 4.69) is 25.9 Å². The summed E-state index contributed by atoms with van der Waals surface area (Å²) in [6, 6.07) is 4.56. The van der Waals surface area contributed by atoms with E-state index < -0.39 is 0 Å². The van der Waals surface area contributed by atoms with Gasteiger partial charge in [0.2, 0.25) is 5.88 Å². The molecule has 2 aromatic rings. The molecule has 0 atom stereocenters. The Labute approximate surface area is 129 Å². The van der Waals surface area contributed by atoms with Gasteiger partial charge in [0.1, 0.15) is 22.5 Å². The Hall–Kier alpha value is -1.20. The van der Waals surface area contributed by atoms with Crippen molar-refractivity contribution in [3.8, 4) is 11.6 Å². The van der Waals surface area contributed by atoms with E-state index in [1.54, 1.807) is 19.1 Å². The van der Waals surface area contributed by atoms with Crippen molar-refractivity contribution in [3.05, 3.63) is 45.0 Å². The fraction of sp³-hybridized carbons (Fsp3) is 0.286. The second-order valence-electron chi connectivity index (χ2n) is 4.76. The van der Waals surface area contributed by atoms with Gasteiger partial charge in [-0.3, -0.25) is 0 Å². The van der Waals surface area contributed by atoms with Crippen LogP contribution < -0.4 is 4.74 Å². The number of nitrogens with zero attached hydrogens (tertiary/aromatic N) is 2. The minimum atomic E-state index is -0.386. The van der Waals surface area contributed by atoms with Gasteiger partial charge in [-0.1, -0.05) is 11.6 Å². The number of rotatable bonds is 3. The molecule has 3 nitrogen and oxygen atoms in total. The van der Waals surface area contributed by atoms with Crippen LogP contribution in [-0.4, -0.2) is 9.97 Å². The van der Waals surface area contributed by atoms with Gasteiger partial charge in [0.05, 0.1) is 4.47 Å². The van der Waals surface area contributed by atoms with E-state index >= 15 is 0 Å². The normalized spacial score (nSPS) is 14.4. The predicted octanol–water partition coefficient (Wildman–Crippen LogP) is 5.01. The first-order valence-electron chi connectivity index (χ1n) is 6.21. The Morgan fingerprint density at radius 2 is 2.10 bits per heavy atom. The van der Waals surface area contributed by atoms with Crippen molar-refractivity contribution < 1.29 is 9.13 Å². The molecule has 0 radical (unpaired) electrons. The molecule has 1 heterocycles. The Morgan fingerprint density at radius 1 is 1.35 bits per heavy atom. The van der Waals surface area contributed by atoms with Gasteiger partial charge in [0, 0.05) is 17.5 Å². The lowest BCUT2D eigenvalue weighted by atomic mass is 10.3. The van der Waals surface area contributed by atoms with Gasteiger partial charge in [0.25, 0.3) is 0 Å². The molecule has 0 amide bonds. The van der Waals surface area contributed by atoms with Crippen LogP contribution in [0.2, 0.25) is 5.15 Å². The van der Waals surface area contributed by atoms with Crippen LogP contribution in [0.5, 0.6) is 11.6 Å². The van der Waals surface area contributed by atoms with Crippen molar-refractivity contribution in [1.82, 2.24) is 9.97 Å². The maximum atomic E-state index is 13.5. The van der Waals surface area contributed by atoms with E-state index in [1.165, 1.54) is 6.07 Å². The lowest BCUT2D eigenvalue weighted by Gasteiger charge is -2.10. The van der Waals surface area contributed by atoms with Crippen molar-refractivity contribution in [2.24, 2.45) is 0 Å². The molecule has 1 aromatic carbocycles. The van der Waals surface area contributed by atoms with E-state index in [0.717, 1.165) is 12.8 Å². The van der Waals surface area contributed by atoms with Crippen LogP contribution in [0.15, 0.2) is 22.7 Å². The van der Waals surface area contributed by atoms with Gasteiger partial charge in [-0.25, -0.2) is 9.37 Å². The smallest absolute Gasteiger partial charge is 0.226 e. The highest BCUT2D eigenvalue weighted by molar-refractivity contribution is 9.10. The highest BCUT2D eigenvalue weighted by Crippen LogP contribution is 2.40. The number of benzene rings is 1. The summed E-state index contributed by atoms with van der Waals surface area (Å²) in [5.74, 6) is 1.45. The molecule has 0 spiro atoms. The van der Waals surface area contributed by atoms with E-state index in [9.17, 15) is 4.39 Å². The number of hydrogen-bond acceptors (Lipinski definition) is 3. The van der Waals surface area contributed by atoms with Gasteiger partial charge < -0.3 is 4.74 Å². The topological polar surface area (TPSA) is 35.0 Å². The zero-order valence-corrected chi connectivity index (χ0v) is 13.0. The van der Waals surface area contributed by atoms with Crippen LogP contribution in [-0.2, 0) is 0 Å². The highest BCUT2D eigenvalue weighted by atomic mass is 79.9. The minimum Gasteiger partial charge on any atom is -0.438 e. The van der Waals surface area contributed by atoms with Crippen LogP contribution in [0, 0.1) is 12.7 Å². The standard InChI is InChI=1S/C14H11BrClFN2O/c1-7-12(16)18-13(8-2-3-8)19-14(7)20-9-4-5-10(15)11(17)6-9/h4-6,8H,2-3H2,1H3. The number of aromatic nitrogens is 2. The van der Waals surface area contributed by atoms with E-state index in [-0.39, 0.29) is 5.82 Å². The van der Waals surface area contributed by atoms with Crippen molar-refractivity contribution in [2.75, 3.05) is 0 Å². The highest BCUT2D eigenvalue weighted by Gasteiger charge is 2.28. The van der Waals surface area contributed by atoms with Gasteiger partial charge in [-0.05, 0) is 47.8 Å². The molecule has 0 aliphatic heterocycles. The first kappa shape index (κ1) is 13.8. The van der Waals surface area contributed by atoms with Crippen molar-refractivity contribution in [1.29, 1.82) is 0 Å². The first-order valence-corrected chi connectivity index (χ1v) is 7.38. The summed E-state index contributed by atoms with van der Waals surface area (Å²) in [7, 11) is 0. The van der Waals surface area contributed by atoms with Gasteiger partial charge in [-0.15, -0.1) is 0 Å². The Morgan fingerprint density at radius 3 is 2.75 bits per heavy atom. The molecule has 1 aromatic heterocycles. The van der Waals surface area contributed by atoms with Crippen LogP contribution in [0.1, 0.15) is 30.1 Å². The van der Waals surface area contributed by atoms with E-state index in [1.807, 2.05) is 0 Å².